The van der Waals surface area contributed by atoms with Crippen LogP contribution in [0.2, 0.25) is 0 Å². The van der Waals surface area contributed by atoms with E-state index in [1.54, 1.807) is 14.0 Å². The summed E-state index contributed by atoms with van der Waals surface area (Å²) in [5.41, 5.74) is 0.0876. The number of hydrogen-bond donors (Lipinski definition) is 4. The molecular formula is C11H17N3O5. The molecule has 1 aromatic rings. The van der Waals surface area contributed by atoms with Crippen molar-refractivity contribution in [2.45, 2.75) is 31.5 Å². The molecule has 4 unspecified atom stereocenters. The van der Waals surface area contributed by atoms with Gasteiger partial charge in [0.2, 0.25) is 0 Å². The summed E-state index contributed by atoms with van der Waals surface area (Å²) in [7, 11) is 1.64. The number of aromatic nitrogens is 2. The third-order valence-electron chi connectivity index (χ3n) is 3.16. The normalized spacial score (nSPS) is 30.6. The van der Waals surface area contributed by atoms with Crippen LogP contribution < -0.4 is 11.0 Å². The Hall–Kier alpha value is -1.48. The van der Waals surface area contributed by atoms with Crippen molar-refractivity contribution in [3.63, 3.8) is 0 Å². The zero-order valence-electron chi connectivity index (χ0n) is 10.6. The molecule has 1 aliphatic rings. The molecular weight excluding hydrogens is 254 g/mol. The standard InChI is InChI=1S/C11H17N3O5/c1-5-3-14(11(18)13-9(5)12-2)10-8(17)7(16)6(4-15)19-10/h3,6-8,10,15-17H,4H2,1-2H3,(H,12,13,18). The van der Waals surface area contributed by atoms with Gasteiger partial charge in [0.05, 0.1) is 6.61 Å². The van der Waals surface area contributed by atoms with Gasteiger partial charge in [-0.25, -0.2) is 4.79 Å². The van der Waals surface area contributed by atoms with E-state index >= 15 is 0 Å². The number of anilines is 1. The summed E-state index contributed by atoms with van der Waals surface area (Å²) in [6, 6.07) is 0. The zero-order valence-corrected chi connectivity index (χ0v) is 10.6. The first-order chi connectivity index (χ1) is 8.99. The molecule has 4 N–H and O–H groups in total. The highest BCUT2D eigenvalue weighted by Crippen LogP contribution is 2.28. The molecule has 0 saturated carbocycles. The predicted octanol–water partition coefficient (Wildman–Crippen LogP) is -1.80. The second-order valence-corrected chi connectivity index (χ2v) is 4.44. The van der Waals surface area contributed by atoms with Crippen molar-refractivity contribution >= 4 is 5.82 Å². The molecule has 0 aromatic carbocycles. The van der Waals surface area contributed by atoms with Gasteiger partial charge in [-0.1, -0.05) is 0 Å². The Morgan fingerprint density at radius 2 is 2.16 bits per heavy atom. The van der Waals surface area contributed by atoms with E-state index in [0.29, 0.717) is 11.4 Å². The molecule has 4 atom stereocenters. The first-order valence-corrected chi connectivity index (χ1v) is 5.89. The van der Waals surface area contributed by atoms with Gasteiger partial charge in [-0.2, -0.15) is 4.98 Å². The molecule has 0 aliphatic carbocycles. The Labute approximate surface area is 109 Å². The SMILES string of the molecule is CNc1nc(=O)n(C2OC(CO)C(O)C2O)cc1C. The fourth-order valence-corrected chi connectivity index (χ4v) is 2.11. The summed E-state index contributed by atoms with van der Waals surface area (Å²) in [6.45, 7) is 1.31. The van der Waals surface area contributed by atoms with Crippen LogP contribution in [0.4, 0.5) is 5.82 Å². The lowest BCUT2D eigenvalue weighted by atomic mass is 10.1. The third kappa shape index (κ3) is 2.35. The van der Waals surface area contributed by atoms with Crippen LogP contribution in [0.5, 0.6) is 0 Å². The second-order valence-electron chi connectivity index (χ2n) is 4.44. The molecule has 1 fully saturated rings. The minimum Gasteiger partial charge on any atom is -0.394 e. The van der Waals surface area contributed by atoms with Crippen molar-refractivity contribution in [3.8, 4) is 0 Å². The molecule has 106 valence electrons. The lowest BCUT2D eigenvalue weighted by Crippen LogP contribution is -2.36. The average molecular weight is 271 g/mol. The fraction of sp³-hybridized carbons (Fsp3) is 0.636. The van der Waals surface area contributed by atoms with E-state index in [-0.39, 0.29) is 0 Å². The van der Waals surface area contributed by atoms with Crippen LogP contribution in [0.25, 0.3) is 0 Å². The number of aryl methyl sites for hydroxylation is 1. The van der Waals surface area contributed by atoms with Gasteiger partial charge in [0.25, 0.3) is 0 Å². The predicted molar refractivity (Wildman–Crippen MR) is 65.8 cm³/mol. The molecule has 8 heteroatoms. The minimum absolute atomic E-state index is 0.438. The molecule has 0 bridgehead atoms. The van der Waals surface area contributed by atoms with Gasteiger partial charge in [-0.15, -0.1) is 0 Å². The van der Waals surface area contributed by atoms with Crippen molar-refractivity contribution in [2.75, 3.05) is 19.0 Å². The van der Waals surface area contributed by atoms with Gasteiger partial charge in [-0.05, 0) is 6.92 Å². The number of aliphatic hydroxyl groups excluding tert-OH is 3. The molecule has 8 nitrogen and oxygen atoms in total. The van der Waals surface area contributed by atoms with Gasteiger partial charge in [0.15, 0.2) is 6.23 Å². The molecule has 0 radical (unpaired) electrons. The molecule has 0 spiro atoms. The van der Waals surface area contributed by atoms with Gasteiger partial charge in [-0.3, -0.25) is 4.57 Å². The quantitative estimate of drug-likeness (QED) is 0.512. The summed E-state index contributed by atoms with van der Waals surface area (Å²) in [6.07, 6.45) is -3.03. The highest BCUT2D eigenvalue weighted by molar-refractivity contribution is 5.40. The molecule has 0 amide bonds. The van der Waals surface area contributed by atoms with E-state index in [2.05, 4.69) is 10.3 Å². The van der Waals surface area contributed by atoms with E-state index in [1.165, 1.54) is 6.20 Å². The van der Waals surface area contributed by atoms with Crippen LogP contribution in [-0.2, 0) is 4.74 Å². The summed E-state index contributed by atoms with van der Waals surface area (Å²) in [4.78, 5) is 15.7. The number of aliphatic hydroxyl groups is 3. The highest BCUT2D eigenvalue weighted by Gasteiger charge is 2.43. The van der Waals surface area contributed by atoms with Crippen LogP contribution in [0, 0.1) is 6.92 Å². The maximum Gasteiger partial charge on any atom is 0.351 e. The van der Waals surface area contributed by atoms with Crippen LogP contribution >= 0.6 is 0 Å². The Morgan fingerprint density at radius 1 is 1.47 bits per heavy atom. The lowest BCUT2D eigenvalue weighted by Gasteiger charge is -2.18. The Kier molecular flexibility index (Phi) is 3.85. The summed E-state index contributed by atoms with van der Waals surface area (Å²) in [5.74, 6) is 0.438. The Balaban J connectivity index is 2.38. The lowest BCUT2D eigenvalue weighted by molar-refractivity contribution is -0.0550. The fourth-order valence-electron chi connectivity index (χ4n) is 2.11. The van der Waals surface area contributed by atoms with Gasteiger partial charge in [0.1, 0.15) is 24.1 Å². The topological polar surface area (TPSA) is 117 Å². The van der Waals surface area contributed by atoms with Crippen molar-refractivity contribution in [1.82, 2.24) is 9.55 Å². The van der Waals surface area contributed by atoms with Crippen LogP contribution in [-0.4, -0.2) is 56.8 Å². The van der Waals surface area contributed by atoms with Crippen molar-refractivity contribution in [3.05, 3.63) is 22.2 Å². The van der Waals surface area contributed by atoms with Gasteiger partial charge < -0.3 is 25.4 Å². The smallest absolute Gasteiger partial charge is 0.351 e. The molecule has 2 rings (SSSR count). The number of rotatable bonds is 3. The van der Waals surface area contributed by atoms with Crippen LogP contribution in [0.1, 0.15) is 11.8 Å². The van der Waals surface area contributed by atoms with E-state index in [9.17, 15) is 15.0 Å². The summed E-state index contributed by atoms with van der Waals surface area (Å²) < 4.78 is 6.39. The van der Waals surface area contributed by atoms with Gasteiger partial charge in [0, 0.05) is 18.8 Å². The zero-order chi connectivity index (χ0) is 14.2. The third-order valence-corrected chi connectivity index (χ3v) is 3.16. The monoisotopic (exact) mass is 271 g/mol. The van der Waals surface area contributed by atoms with Crippen molar-refractivity contribution in [2.24, 2.45) is 0 Å². The first kappa shape index (κ1) is 13.9. The van der Waals surface area contributed by atoms with E-state index in [4.69, 9.17) is 9.84 Å². The first-order valence-electron chi connectivity index (χ1n) is 5.89. The molecule has 2 heterocycles. The second kappa shape index (κ2) is 5.25. The maximum absolute atomic E-state index is 11.9. The number of hydrogen-bond acceptors (Lipinski definition) is 7. The van der Waals surface area contributed by atoms with Crippen LogP contribution in [0.15, 0.2) is 11.0 Å². The van der Waals surface area contributed by atoms with E-state index in [0.717, 1.165) is 4.57 Å². The molecule has 19 heavy (non-hydrogen) atoms. The summed E-state index contributed by atoms with van der Waals surface area (Å²) >= 11 is 0. The van der Waals surface area contributed by atoms with Gasteiger partial charge >= 0.3 is 5.69 Å². The van der Waals surface area contributed by atoms with E-state index < -0.39 is 36.8 Å². The Morgan fingerprint density at radius 3 is 2.68 bits per heavy atom. The largest absolute Gasteiger partial charge is 0.394 e. The van der Waals surface area contributed by atoms with Crippen molar-refractivity contribution < 1.29 is 20.1 Å². The highest BCUT2D eigenvalue weighted by atomic mass is 16.6. The summed E-state index contributed by atoms with van der Waals surface area (Å²) in [5, 5.41) is 31.3. The molecule has 1 aromatic heterocycles. The average Bonchev–Trinajstić information content (AvgIpc) is 2.68. The Bertz CT molecular complexity index is 518. The molecule has 1 aliphatic heterocycles. The number of ether oxygens (including phenoxy) is 1. The molecule has 1 saturated heterocycles. The van der Waals surface area contributed by atoms with E-state index in [1.807, 2.05) is 0 Å². The van der Waals surface area contributed by atoms with Crippen molar-refractivity contribution in [1.29, 1.82) is 0 Å². The number of nitrogens with zero attached hydrogens (tertiary/aromatic N) is 2. The maximum atomic E-state index is 11.9. The minimum atomic E-state index is -1.29. The number of nitrogens with one attached hydrogen (secondary N) is 1. The van der Waals surface area contributed by atoms with Crippen LogP contribution in [0.3, 0.4) is 0 Å².